The highest BCUT2D eigenvalue weighted by Gasteiger charge is 2.20. The number of pyridine rings is 1. The molecule has 20 heavy (non-hydrogen) atoms. The van der Waals surface area contributed by atoms with Crippen molar-refractivity contribution in [3.05, 3.63) is 35.2 Å². The summed E-state index contributed by atoms with van der Waals surface area (Å²) in [5, 5.41) is 12.5. The smallest absolute Gasteiger partial charge is 0.340 e. The number of carbonyl (C=O) groups excluding carboxylic acids is 1. The molecule has 0 unspecified atom stereocenters. The maximum Gasteiger partial charge on any atom is 0.340 e. The molecule has 0 aliphatic rings. The van der Waals surface area contributed by atoms with E-state index in [0.717, 1.165) is 11.5 Å². The van der Waals surface area contributed by atoms with Crippen LogP contribution in [0.25, 0.3) is 0 Å². The quantitative estimate of drug-likeness (QED) is 0.843. The topological polar surface area (TPSA) is 92.2 Å². The molecule has 104 valence electrons. The van der Waals surface area contributed by atoms with Gasteiger partial charge in [0.15, 0.2) is 0 Å². The number of hydrogen-bond donors (Lipinski definition) is 2. The molecule has 0 fully saturated rings. The number of carboxylic acids is 1. The third-order valence-corrected chi connectivity index (χ3v) is 4.08. The molecule has 0 aliphatic heterocycles. The highest BCUT2D eigenvalue weighted by Crippen LogP contribution is 2.26. The van der Waals surface area contributed by atoms with E-state index in [1.54, 1.807) is 25.3 Å². The van der Waals surface area contributed by atoms with Gasteiger partial charge in [0.05, 0.1) is 11.3 Å². The van der Waals surface area contributed by atoms with Crippen molar-refractivity contribution in [3.8, 4) is 0 Å². The number of aryl methyl sites for hydroxylation is 1. The normalized spacial score (nSPS) is 10.3. The summed E-state index contributed by atoms with van der Waals surface area (Å²) in [5.41, 5.74) is 0.814. The summed E-state index contributed by atoms with van der Waals surface area (Å²) in [5.74, 6) is -1.50. The van der Waals surface area contributed by atoms with Crippen molar-refractivity contribution >= 4 is 40.2 Å². The second-order valence-corrected chi connectivity index (χ2v) is 5.36. The van der Waals surface area contributed by atoms with E-state index in [0.29, 0.717) is 16.3 Å². The summed E-state index contributed by atoms with van der Waals surface area (Å²) in [6.45, 7) is 1.59. The zero-order valence-corrected chi connectivity index (χ0v) is 12.3. The van der Waals surface area contributed by atoms with Crippen LogP contribution in [0.3, 0.4) is 0 Å². The highest BCUT2D eigenvalue weighted by atomic mass is 32.2. The van der Waals surface area contributed by atoms with Crippen LogP contribution in [0, 0.1) is 6.92 Å². The third-order valence-electron chi connectivity index (χ3n) is 2.51. The van der Waals surface area contributed by atoms with E-state index in [2.05, 4.69) is 14.7 Å². The summed E-state index contributed by atoms with van der Waals surface area (Å²) in [7, 11) is 0. The Bertz CT molecular complexity index is 670. The Kier molecular flexibility index (Phi) is 4.35. The lowest BCUT2D eigenvalue weighted by molar-refractivity contribution is 0.0697. The Labute approximate surface area is 123 Å². The fourth-order valence-corrected chi connectivity index (χ4v) is 2.93. The van der Waals surface area contributed by atoms with Crippen LogP contribution in [0.15, 0.2) is 23.4 Å². The molecule has 1 amide bonds. The number of aromatic carboxylic acids is 1. The number of amides is 1. The molecule has 0 spiro atoms. The van der Waals surface area contributed by atoms with Gasteiger partial charge in [0.1, 0.15) is 15.6 Å². The average molecular weight is 309 g/mol. The Morgan fingerprint density at radius 2 is 2.20 bits per heavy atom. The minimum atomic E-state index is -1.11. The summed E-state index contributed by atoms with van der Waals surface area (Å²) in [6.07, 6.45) is 3.42. The monoisotopic (exact) mass is 309 g/mol. The Morgan fingerprint density at radius 1 is 1.45 bits per heavy atom. The van der Waals surface area contributed by atoms with E-state index >= 15 is 0 Å². The van der Waals surface area contributed by atoms with Gasteiger partial charge in [0.25, 0.3) is 5.91 Å². The first-order chi connectivity index (χ1) is 9.54. The Hall–Kier alpha value is -1.93. The highest BCUT2D eigenvalue weighted by molar-refractivity contribution is 7.98. The first-order valence-electron chi connectivity index (χ1n) is 5.54. The maximum atomic E-state index is 12.2. The van der Waals surface area contributed by atoms with Gasteiger partial charge in [-0.2, -0.15) is 4.37 Å². The fourth-order valence-electron chi connectivity index (χ4n) is 1.60. The SMILES string of the molecule is CSc1ncccc1C(=O)Nc1snc(C)c1C(=O)O. The number of carboxylic acid groups (broad SMARTS) is 1. The predicted octanol–water partition coefficient (Wildman–Crippen LogP) is 2.52. The number of nitrogens with one attached hydrogen (secondary N) is 1. The van der Waals surface area contributed by atoms with Gasteiger partial charge in [-0.15, -0.1) is 11.8 Å². The van der Waals surface area contributed by atoms with Gasteiger partial charge in [0, 0.05) is 6.20 Å². The van der Waals surface area contributed by atoms with Crippen molar-refractivity contribution in [2.24, 2.45) is 0 Å². The first-order valence-corrected chi connectivity index (χ1v) is 7.54. The summed E-state index contributed by atoms with van der Waals surface area (Å²) in [4.78, 5) is 27.4. The van der Waals surface area contributed by atoms with Gasteiger partial charge < -0.3 is 10.4 Å². The molecular formula is C12H11N3O3S2. The lowest BCUT2D eigenvalue weighted by atomic mass is 10.2. The molecule has 0 bridgehead atoms. The number of rotatable bonds is 4. The molecule has 0 saturated carbocycles. The zero-order valence-electron chi connectivity index (χ0n) is 10.7. The second kappa shape index (κ2) is 6.02. The van der Waals surface area contributed by atoms with Crippen molar-refractivity contribution in [3.63, 3.8) is 0 Å². The fraction of sp³-hybridized carbons (Fsp3) is 0.167. The standard InChI is InChI=1S/C12H11N3O3S2/c1-6-8(12(17)18)11(20-15-6)14-9(16)7-4-3-5-13-10(7)19-2/h3-5H,1-2H3,(H,14,16)(H,17,18). The summed E-state index contributed by atoms with van der Waals surface area (Å²) >= 11 is 2.30. The molecule has 2 heterocycles. The van der Waals surface area contributed by atoms with Crippen LogP contribution in [0.5, 0.6) is 0 Å². The zero-order chi connectivity index (χ0) is 14.7. The van der Waals surface area contributed by atoms with Crippen LogP contribution >= 0.6 is 23.3 Å². The lowest BCUT2D eigenvalue weighted by Gasteiger charge is -2.06. The molecule has 0 aliphatic carbocycles. The van der Waals surface area contributed by atoms with Crippen molar-refractivity contribution in [2.45, 2.75) is 11.9 Å². The molecule has 0 aromatic carbocycles. The van der Waals surface area contributed by atoms with E-state index in [-0.39, 0.29) is 10.6 Å². The molecule has 2 aromatic heterocycles. The minimum Gasteiger partial charge on any atom is -0.478 e. The van der Waals surface area contributed by atoms with E-state index in [1.807, 2.05) is 6.26 Å². The Balaban J connectivity index is 2.31. The number of aromatic nitrogens is 2. The second-order valence-electron chi connectivity index (χ2n) is 3.79. The molecule has 2 aromatic rings. The number of nitrogens with zero attached hydrogens (tertiary/aromatic N) is 2. The van der Waals surface area contributed by atoms with Gasteiger partial charge in [-0.25, -0.2) is 9.78 Å². The van der Waals surface area contributed by atoms with E-state index in [9.17, 15) is 9.59 Å². The number of carbonyl (C=O) groups is 2. The number of thioether (sulfide) groups is 1. The number of hydrogen-bond acceptors (Lipinski definition) is 6. The van der Waals surface area contributed by atoms with Crippen LogP contribution in [0.2, 0.25) is 0 Å². The molecule has 2 N–H and O–H groups in total. The molecule has 2 rings (SSSR count). The molecule has 6 nitrogen and oxygen atoms in total. The Morgan fingerprint density at radius 3 is 2.85 bits per heavy atom. The van der Waals surface area contributed by atoms with Crippen LogP contribution in [-0.4, -0.2) is 32.6 Å². The van der Waals surface area contributed by atoms with Crippen molar-refractivity contribution < 1.29 is 14.7 Å². The van der Waals surface area contributed by atoms with Crippen LogP contribution in [0.4, 0.5) is 5.00 Å². The summed E-state index contributed by atoms with van der Waals surface area (Å²) in [6, 6.07) is 3.30. The molecule has 8 heteroatoms. The van der Waals surface area contributed by atoms with E-state index in [1.165, 1.54) is 11.8 Å². The molecule has 0 radical (unpaired) electrons. The first kappa shape index (κ1) is 14.5. The van der Waals surface area contributed by atoms with Crippen molar-refractivity contribution in [1.82, 2.24) is 9.36 Å². The largest absolute Gasteiger partial charge is 0.478 e. The maximum absolute atomic E-state index is 12.2. The van der Waals surface area contributed by atoms with Crippen molar-refractivity contribution in [2.75, 3.05) is 11.6 Å². The van der Waals surface area contributed by atoms with Gasteiger partial charge in [-0.3, -0.25) is 4.79 Å². The number of anilines is 1. The van der Waals surface area contributed by atoms with Crippen LogP contribution in [-0.2, 0) is 0 Å². The van der Waals surface area contributed by atoms with E-state index in [4.69, 9.17) is 5.11 Å². The summed E-state index contributed by atoms with van der Waals surface area (Å²) < 4.78 is 3.95. The van der Waals surface area contributed by atoms with Gasteiger partial charge in [-0.1, -0.05) is 0 Å². The van der Waals surface area contributed by atoms with Crippen molar-refractivity contribution in [1.29, 1.82) is 0 Å². The average Bonchev–Trinajstić information content (AvgIpc) is 2.79. The van der Waals surface area contributed by atoms with Crippen LogP contribution < -0.4 is 5.32 Å². The van der Waals surface area contributed by atoms with E-state index < -0.39 is 11.9 Å². The molecule has 0 atom stereocenters. The van der Waals surface area contributed by atoms with Gasteiger partial charge >= 0.3 is 5.97 Å². The van der Waals surface area contributed by atoms with Gasteiger partial charge in [0.2, 0.25) is 0 Å². The molecule has 0 saturated heterocycles. The van der Waals surface area contributed by atoms with Gasteiger partial charge in [-0.05, 0) is 36.8 Å². The lowest BCUT2D eigenvalue weighted by Crippen LogP contribution is -2.15. The third kappa shape index (κ3) is 2.81. The van der Waals surface area contributed by atoms with Crippen LogP contribution in [0.1, 0.15) is 26.4 Å². The predicted molar refractivity (Wildman–Crippen MR) is 77.8 cm³/mol. The molecular weight excluding hydrogens is 298 g/mol. The minimum absolute atomic E-state index is 0.0259.